The number of pyridine rings is 1. The highest BCUT2D eigenvalue weighted by Gasteiger charge is 2.12. The van der Waals surface area contributed by atoms with E-state index < -0.39 is 5.97 Å². The lowest BCUT2D eigenvalue weighted by Gasteiger charge is -2.13. The summed E-state index contributed by atoms with van der Waals surface area (Å²) in [5, 5.41) is 14.0. The molecule has 7 heteroatoms. The van der Waals surface area contributed by atoms with E-state index in [1.54, 1.807) is 36.5 Å². The molecule has 7 nitrogen and oxygen atoms in total. The number of fused-ring (bicyclic) bond motifs is 1. The molecule has 0 bridgehead atoms. The first-order valence-electron chi connectivity index (χ1n) is 13.3. The van der Waals surface area contributed by atoms with Crippen LogP contribution in [0.2, 0.25) is 0 Å². The van der Waals surface area contributed by atoms with Gasteiger partial charge in [0.15, 0.2) is 0 Å². The zero-order chi connectivity index (χ0) is 27.6. The number of nitrogens with one attached hydrogen (secondary N) is 1. The van der Waals surface area contributed by atoms with E-state index in [1.807, 2.05) is 36.4 Å². The second kappa shape index (κ2) is 13.4. The molecule has 0 aliphatic carbocycles. The summed E-state index contributed by atoms with van der Waals surface area (Å²) in [5.41, 5.74) is 0.979. The summed E-state index contributed by atoms with van der Waals surface area (Å²) in [5.74, 6) is 1.04. The quantitative estimate of drug-likeness (QED) is 0.175. The Hall–Kier alpha value is -4.39. The molecule has 0 aliphatic rings. The van der Waals surface area contributed by atoms with Crippen LogP contribution < -0.4 is 14.8 Å². The predicted molar refractivity (Wildman–Crippen MR) is 153 cm³/mol. The van der Waals surface area contributed by atoms with Gasteiger partial charge in [-0.15, -0.1) is 0 Å². The lowest BCUT2D eigenvalue weighted by molar-refractivity contribution is -0.115. The molecular weight excluding hydrogens is 492 g/mol. The Bertz CT molecular complexity index is 1420. The maximum Gasteiger partial charge on any atom is 0.337 e. The Morgan fingerprint density at radius 3 is 2.41 bits per heavy atom. The summed E-state index contributed by atoms with van der Waals surface area (Å²) in [6.45, 7) is 5.17. The number of para-hydroxylation sites is 1. The average Bonchev–Trinajstić information content (AvgIpc) is 2.93. The number of hydrogen-bond acceptors (Lipinski definition) is 5. The van der Waals surface area contributed by atoms with E-state index in [0.717, 1.165) is 23.1 Å². The fourth-order valence-corrected chi connectivity index (χ4v) is 4.27. The third kappa shape index (κ3) is 8.04. The molecule has 1 amide bonds. The molecule has 0 fully saturated rings. The summed E-state index contributed by atoms with van der Waals surface area (Å²) in [4.78, 5) is 28.1. The summed E-state index contributed by atoms with van der Waals surface area (Å²) >= 11 is 0. The van der Waals surface area contributed by atoms with Gasteiger partial charge in [-0.1, -0.05) is 63.4 Å². The minimum atomic E-state index is -1.10. The number of carboxylic acids is 1. The number of unbranched alkanes of at least 4 members (excludes halogenated alkanes) is 2. The smallest absolute Gasteiger partial charge is 0.337 e. The van der Waals surface area contributed by atoms with Crippen molar-refractivity contribution in [3.8, 4) is 17.4 Å². The Labute approximate surface area is 228 Å². The third-order valence-electron chi connectivity index (χ3n) is 6.43. The molecular formula is C32H34N2O5. The van der Waals surface area contributed by atoms with Gasteiger partial charge >= 0.3 is 5.97 Å². The van der Waals surface area contributed by atoms with E-state index in [4.69, 9.17) is 9.47 Å². The van der Waals surface area contributed by atoms with Crippen molar-refractivity contribution in [2.45, 2.75) is 46.0 Å². The van der Waals surface area contributed by atoms with Crippen LogP contribution in [-0.4, -0.2) is 28.6 Å². The molecule has 202 valence electrons. The van der Waals surface area contributed by atoms with Crippen LogP contribution in [0.25, 0.3) is 10.8 Å². The number of carboxylic acid groups (broad SMARTS) is 1. The van der Waals surface area contributed by atoms with Gasteiger partial charge in [-0.25, -0.2) is 9.78 Å². The Morgan fingerprint density at radius 2 is 1.69 bits per heavy atom. The number of carbonyl (C=O) groups excluding carboxylic acids is 1. The van der Waals surface area contributed by atoms with E-state index in [1.165, 1.54) is 31.7 Å². The van der Waals surface area contributed by atoms with Gasteiger partial charge in [-0.05, 0) is 65.1 Å². The fourth-order valence-electron chi connectivity index (χ4n) is 4.27. The largest absolute Gasteiger partial charge is 0.493 e. The molecule has 2 N–H and O–H groups in total. The van der Waals surface area contributed by atoms with Crippen LogP contribution in [-0.2, 0) is 11.2 Å². The van der Waals surface area contributed by atoms with Crippen LogP contribution in [0.5, 0.6) is 17.4 Å². The van der Waals surface area contributed by atoms with Gasteiger partial charge in [0, 0.05) is 12.3 Å². The molecule has 1 unspecified atom stereocenters. The SMILES string of the molecule is CCCCCC(C)COc1ccc2cc(Oc3ccc(CC(=O)Nc4ccccc4C(=O)O)cn3)ccc2c1. The summed E-state index contributed by atoms with van der Waals surface area (Å²) in [6, 6.07) is 21.7. The van der Waals surface area contributed by atoms with Gasteiger partial charge in [0.1, 0.15) is 11.5 Å². The monoisotopic (exact) mass is 526 g/mol. The maximum atomic E-state index is 12.4. The van der Waals surface area contributed by atoms with Gasteiger partial charge in [0.25, 0.3) is 0 Å². The van der Waals surface area contributed by atoms with Crippen molar-refractivity contribution in [1.29, 1.82) is 0 Å². The van der Waals surface area contributed by atoms with Crippen LogP contribution in [0.3, 0.4) is 0 Å². The molecule has 0 radical (unpaired) electrons. The van der Waals surface area contributed by atoms with Gasteiger partial charge < -0.3 is 19.9 Å². The lowest BCUT2D eigenvalue weighted by atomic mass is 10.0. The number of nitrogens with zero attached hydrogens (tertiary/aromatic N) is 1. The minimum Gasteiger partial charge on any atom is -0.493 e. The first-order chi connectivity index (χ1) is 18.9. The second-order valence-corrected chi connectivity index (χ2v) is 9.77. The normalized spacial score (nSPS) is 11.6. The molecule has 4 rings (SSSR count). The predicted octanol–water partition coefficient (Wildman–Crippen LogP) is 7.50. The van der Waals surface area contributed by atoms with Crippen LogP contribution in [0.1, 0.15) is 55.5 Å². The van der Waals surface area contributed by atoms with Gasteiger partial charge in [-0.2, -0.15) is 0 Å². The van der Waals surface area contributed by atoms with Gasteiger partial charge in [0.2, 0.25) is 11.8 Å². The third-order valence-corrected chi connectivity index (χ3v) is 6.43. The number of aromatic nitrogens is 1. The minimum absolute atomic E-state index is 0.0410. The standard InChI is InChI=1S/C32H34N2O5/c1-3-4-5-8-22(2)21-38-26-14-12-25-19-27(15-13-24(25)18-26)39-31-16-11-23(20-33-31)17-30(35)34-29-10-7-6-9-28(29)32(36)37/h6-7,9-16,18-20,22H,3-5,8,17,21H2,1-2H3,(H,34,35)(H,36,37). The first-order valence-corrected chi connectivity index (χ1v) is 13.3. The van der Waals surface area contributed by atoms with Gasteiger partial charge in [-0.3, -0.25) is 4.79 Å². The van der Waals surface area contributed by atoms with E-state index in [9.17, 15) is 14.7 Å². The molecule has 0 saturated heterocycles. The number of ether oxygens (including phenoxy) is 2. The van der Waals surface area contributed by atoms with Gasteiger partial charge in [0.05, 0.1) is 24.3 Å². The van der Waals surface area contributed by atoms with Crippen LogP contribution >= 0.6 is 0 Å². The molecule has 0 saturated carbocycles. The number of amides is 1. The molecule has 0 aliphatic heterocycles. The topological polar surface area (TPSA) is 97.8 Å². The maximum absolute atomic E-state index is 12.4. The lowest BCUT2D eigenvalue weighted by Crippen LogP contribution is -2.16. The van der Waals surface area contributed by atoms with Crippen molar-refractivity contribution >= 4 is 28.3 Å². The van der Waals surface area contributed by atoms with Crippen molar-refractivity contribution in [2.75, 3.05) is 11.9 Å². The molecule has 1 atom stereocenters. The highest BCUT2D eigenvalue weighted by Crippen LogP contribution is 2.28. The van der Waals surface area contributed by atoms with Crippen molar-refractivity contribution in [3.63, 3.8) is 0 Å². The van der Waals surface area contributed by atoms with E-state index in [0.29, 0.717) is 23.1 Å². The number of aromatic carboxylic acids is 1. The molecule has 4 aromatic rings. The van der Waals surface area contributed by atoms with Crippen molar-refractivity contribution in [1.82, 2.24) is 4.98 Å². The van der Waals surface area contributed by atoms with E-state index in [-0.39, 0.29) is 23.6 Å². The summed E-state index contributed by atoms with van der Waals surface area (Å²) < 4.78 is 12.0. The number of hydrogen-bond donors (Lipinski definition) is 2. The Kier molecular flexibility index (Phi) is 9.51. The van der Waals surface area contributed by atoms with Crippen LogP contribution in [0.4, 0.5) is 5.69 Å². The van der Waals surface area contributed by atoms with Crippen molar-refractivity contribution < 1.29 is 24.2 Å². The highest BCUT2D eigenvalue weighted by molar-refractivity contribution is 6.01. The molecule has 3 aromatic carbocycles. The molecule has 0 spiro atoms. The van der Waals surface area contributed by atoms with Crippen LogP contribution in [0, 0.1) is 5.92 Å². The zero-order valence-electron chi connectivity index (χ0n) is 22.4. The van der Waals surface area contributed by atoms with E-state index in [2.05, 4.69) is 24.1 Å². The molecule has 39 heavy (non-hydrogen) atoms. The Morgan fingerprint density at radius 1 is 0.949 bits per heavy atom. The number of anilines is 1. The van der Waals surface area contributed by atoms with E-state index >= 15 is 0 Å². The Balaban J connectivity index is 1.32. The molecule has 1 aromatic heterocycles. The second-order valence-electron chi connectivity index (χ2n) is 9.77. The van der Waals surface area contributed by atoms with Crippen LogP contribution in [0.15, 0.2) is 79.0 Å². The average molecular weight is 527 g/mol. The van der Waals surface area contributed by atoms with Crippen molar-refractivity contribution in [2.24, 2.45) is 5.92 Å². The molecule has 1 heterocycles. The number of carbonyl (C=O) groups is 2. The number of benzene rings is 3. The fraction of sp³-hybridized carbons (Fsp3) is 0.281. The summed E-state index contributed by atoms with van der Waals surface area (Å²) in [6.07, 6.45) is 6.57. The summed E-state index contributed by atoms with van der Waals surface area (Å²) in [7, 11) is 0. The zero-order valence-corrected chi connectivity index (χ0v) is 22.4. The van der Waals surface area contributed by atoms with Crippen molar-refractivity contribution in [3.05, 3.63) is 90.1 Å². The number of rotatable bonds is 13. The first kappa shape index (κ1) is 27.6. The highest BCUT2D eigenvalue weighted by atomic mass is 16.5.